The quantitative estimate of drug-likeness (QED) is 0.923. The molecule has 1 unspecified atom stereocenters. The number of halogens is 1. The summed E-state index contributed by atoms with van der Waals surface area (Å²) in [5.41, 5.74) is 1.63. The fourth-order valence-corrected chi connectivity index (χ4v) is 2.06. The van der Waals surface area contributed by atoms with Gasteiger partial charge in [0.05, 0.1) is 5.56 Å². The fourth-order valence-electron chi connectivity index (χ4n) is 1.23. The van der Waals surface area contributed by atoms with Gasteiger partial charge in [0.2, 0.25) is 0 Å². The average Bonchev–Trinajstić information content (AvgIpc) is 2.21. The third-order valence-electron chi connectivity index (χ3n) is 2.11. The van der Waals surface area contributed by atoms with Crippen molar-refractivity contribution in [2.24, 2.45) is 0 Å². The molecule has 0 aliphatic carbocycles. The van der Waals surface area contributed by atoms with Crippen molar-refractivity contribution in [2.75, 3.05) is 18.6 Å². The lowest BCUT2D eigenvalue weighted by Gasteiger charge is -2.07. The van der Waals surface area contributed by atoms with Gasteiger partial charge in [-0.15, -0.1) is 0 Å². The van der Waals surface area contributed by atoms with Crippen molar-refractivity contribution < 1.29 is 9.00 Å². The number of nitrogens with one attached hydrogen (secondary N) is 1. The lowest BCUT2D eigenvalue weighted by Crippen LogP contribution is -2.27. The first-order valence-electron chi connectivity index (χ1n) is 4.85. The Balaban J connectivity index is 2.66. The van der Waals surface area contributed by atoms with Crippen LogP contribution in [0.5, 0.6) is 0 Å². The summed E-state index contributed by atoms with van der Waals surface area (Å²) in [6.45, 7) is 2.37. The summed E-state index contributed by atoms with van der Waals surface area (Å²) < 4.78 is 11.6. The number of carbonyl (C=O) groups is 1. The second-order valence-electron chi connectivity index (χ2n) is 3.47. The number of amides is 1. The largest absolute Gasteiger partial charge is 0.351 e. The smallest absolute Gasteiger partial charge is 0.252 e. The molecule has 0 fully saturated rings. The third kappa shape index (κ3) is 3.72. The number of hydrogen-bond donors (Lipinski definition) is 1. The predicted octanol–water partition coefficient (Wildman–Crippen LogP) is 1.87. The van der Waals surface area contributed by atoms with Gasteiger partial charge in [0, 0.05) is 33.8 Å². The van der Waals surface area contributed by atoms with E-state index >= 15 is 0 Å². The Bertz CT molecular complexity index is 420. The molecule has 1 aromatic carbocycles. The van der Waals surface area contributed by atoms with Crippen LogP contribution in [-0.4, -0.2) is 28.7 Å². The zero-order valence-corrected chi connectivity index (χ0v) is 11.7. The molecular formula is C11H14BrNO2S. The van der Waals surface area contributed by atoms with E-state index in [-0.39, 0.29) is 5.91 Å². The molecule has 0 aliphatic rings. The van der Waals surface area contributed by atoms with Crippen LogP contribution in [0.2, 0.25) is 0 Å². The molecule has 88 valence electrons. The molecule has 0 spiro atoms. The van der Waals surface area contributed by atoms with Crippen molar-refractivity contribution in [2.45, 2.75) is 6.92 Å². The van der Waals surface area contributed by atoms with Crippen LogP contribution in [0.3, 0.4) is 0 Å². The topological polar surface area (TPSA) is 46.2 Å². The minimum Gasteiger partial charge on any atom is -0.351 e. The van der Waals surface area contributed by atoms with Gasteiger partial charge < -0.3 is 5.32 Å². The summed E-state index contributed by atoms with van der Waals surface area (Å²) in [6, 6.07) is 5.53. The van der Waals surface area contributed by atoms with Gasteiger partial charge in [-0.1, -0.05) is 12.1 Å². The highest BCUT2D eigenvalue weighted by atomic mass is 79.9. The molecule has 0 heterocycles. The van der Waals surface area contributed by atoms with Gasteiger partial charge in [-0.2, -0.15) is 0 Å². The van der Waals surface area contributed by atoms with Crippen LogP contribution in [0.1, 0.15) is 15.9 Å². The Kier molecular flexibility index (Phi) is 5.15. The summed E-state index contributed by atoms with van der Waals surface area (Å²) in [6.07, 6.45) is 1.62. The minimum atomic E-state index is -0.875. The van der Waals surface area contributed by atoms with E-state index in [9.17, 15) is 9.00 Å². The molecule has 3 nitrogen and oxygen atoms in total. The molecule has 1 amide bonds. The van der Waals surface area contributed by atoms with E-state index in [1.54, 1.807) is 12.3 Å². The highest BCUT2D eigenvalue weighted by molar-refractivity contribution is 9.10. The van der Waals surface area contributed by atoms with Crippen LogP contribution in [0.25, 0.3) is 0 Å². The molecule has 0 aromatic heterocycles. The number of aryl methyl sites for hydroxylation is 1. The van der Waals surface area contributed by atoms with Crippen LogP contribution in [0.4, 0.5) is 0 Å². The molecule has 1 atom stereocenters. The second-order valence-corrected chi connectivity index (χ2v) is 5.82. The standard InChI is InChI=1S/C11H14BrNO2S/c1-8-4-3-5-9(10(8)12)11(14)13-6-7-16(2)15/h3-5H,6-7H2,1-2H3,(H,13,14). The van der Waals surface area contributed by atoms with Crippen molar-refractivity contribution in [3.8, 4) is 0 Å². The minimum absolute atomic E-state index is 0.138. The first-order valence-corrected chi connectivity index (χ1v) is 7.37. The van der Waals surface area contributed by atoms with E-state index in [4.69, 9.17) is 0 Å². The van der Waals surface area contributed by atoms with E-state index in [2.05, 4.69) is 21.2 Å². The van der Waals surface area contributed by atoms with Gasteiger partial charge in [0.15, 0.2) is 0 Å². The number of rotatable bonds is 4. The van der Waals surface area contributed by atoms with E-state index in [0.717, 1.165) is 10.0 Å². The first kappa shape index (κ1) is 13.4. The molecule has 1 aromatic rings. The van der Waals surface area contributed by atoms with E-state index in [0.29, 0.717) is 17.9 Å². The third-order valence-corrected chi connectivity index (χ3v) is 3.94. The molecule has 5 heteroatoms. The summed E-state index contributed by atoms with van der Waals surface area (Å²) >= 11 is 3.38. The highest BCUT2D eigenvalue weighted by Gasteiger charge is 2.10. The highest BCUT2D eigenvalue weighted by Crippen LogP contribution is 2.20. The van der Waals surface area contributed by atoms with Gasteiger partial charge in [0.1, 0.15) is 0 Å². The van der Waals surface area contributed by atoms with Crippen molar-refractivity contribution in [3.63, 3.8) is 0 Å². The molecule has 0 aliphatic heterocycles. The molecular weight excluding hydrogens is 290 g/mol. The Morgan fingerprint density at radius 1 is 1.50 bits per heavy atom. The van der Waals surface area contributed by atoms with Crippen molar-refractivity contribution in [3.05, 3.63) is 33.8 Å². The maximum Gasteiger partial charge on any atom is 0.252 e. The second kappa shape index (κ2) is 6.15. The monoisotopic (exact) mass is 303 g/mol. The average molecular weight is 304 g/mol. The number of carbonyl (C=O) groups excluding carboxylic acids is 1. The first-order chi connectivity index (χ1) is 7.52. The molecule has 16 heavy (non-hydrogen) atoms. The van der Waals surface area contributed by atoms with Gasteiger partial charge in [-0.3, -0.25) is 9.00 Å². The summed E-state index contributed by atoms with van der Waals surface area (Å²) in [7, 11) is -0.875. The zero-order valence-electron chi connectivity index (χ0n) is 9.25. The van der Waals surface area contributed by atoms with E-state index in [1.165, 1.54) is 0 Å². The van der Waals surface area contributed by atoms with Crippen molar-refractivity contribution in [1.82, 2.24) is 5.32 Å². The molecule has 0 saturated carbocycles. The van der Waals surface area contributed by atoms with Crippen molar-refractivity contribution >= 4 is 32.6 Å². The SMILES string of the molecule is Cc1cccc(C(=O)NCCS(C)=O)c1Br. The Hall–Kier alpha value is -0.680. The fraction of sp³-hybridized carbons (Fsp3) is 0.364. The predicted molar refractivity (Wildman–Crippen MR) is 70.1 cm³/mol. The Labute approximate surface area is 106 Å². The van der Waals surface area contributed by atoms with E-state index in [1.807, 2.05) is 19.1 Å². The van der Waals surface area contributed by atoms with Gasteiger partial charge in [-0.05, 0) is 34.5 Å². The summed E-state index contributed by atoms with van der Waals surface area (Å²) in [5.74, 6) is 0.343. The molecule has 1 N–H and O–H groups in total. The molecule has 0 saturated heterocycles. The van der Waals surface area contributed by atoms with Crippen LogP contribution >= 0.6 is 15.9 Å². The number of benzene rings is 1. The zero-order chi connectivity index (χ0) is 12.1. The van der Waals surface area contributed by atoms with Crippen LogP contribution in [0.15, 0.2) is 22.7 Å². The summed E-state index contributed by atoms with van der Waals surface area (Å²) in [4.78, 5) is 11.8. The van der Waals surface area contributed by atoms with Gasteiger partial charge in [-0.25, -0.2) is 0 Å². The normalized spacial score (nSPS) is 12.2. The summed E-state index contributed by atoms with van der Waals surface area (Å²) in [5, 5.41) is 2.74. The molecule has 0 bridgehead atoms. The molecule has 1 rings (SSSR count). The van der Waals surface area contributed by atoms with Crippen molar-refractivity contribution in [1.29, 1.82) is 0 Å². The van der Waals surface area contributed by atoms with Crippen LogP contribution in [-0.2, 0) is 10.8 Å². The lowest BCUT2D eigenvalue weighted by molar-refractivity contribution is 0.0955. The maximum atomic E-state index is 11.8. The molecule has 0 radical (unpaired) electrons. The van der Waals surface area contributed by atoms with E-state index < -0.39 is 10.8 Å². The van der Waals surface area contributed by atoms with Gasteiger partial charge >= 0.3 is 0 Å². The lowest BCUT2D eigenvalue weighted by atomic mass is 10.1. The van der Waals surface area contributed by atoms with Crippen LogP contribution in [0, 0.1) is 6.92 Å². The Morgan fingerprint density at radius 3 is 2.81 bits per heavy atom. The maximum absolute atomic E-state index is 11.8. The Morgan fingerprint density at radius 2 is 2.19 bits per heavy atom. The van der Waals surface area contributed by atoms with Crippen LogP contribution < -0.4 is 5.32 Å². The van der Waals surface area contributed by atoms with Gasteiger partial charge in [0.25, 0.3) is 5.91 Å². The number of hydrogen-bond acceptors (Lipinski definition) is 2.